The van der Waals surface area contributed by atoms with Crippen molar-refractivity contribution < 1.29 is 13.9 Å². The number of ketones is 1. The van der Waals surface area contributed by atoms with E-state index in [1.54, 1.807) is 43.5 Å². The van der Waals surface area contributed by atoms with Gasteiger partial charge in [-0.25, -0.2) is 0 Å². The second-order valence-electron chi connectivity index (χ2n) is 4.55. The summed E-state index contributed by atoms with van der Waals surface area (Å²) >= 11 is 3.34. The van der Waals surface area contributed by atoms with E-state index in [9.17, 15) is 4.79 Å². The van der Waals surface area contributed by atoms with E-state index < -0.39 is 0 Å². The molecule has 0 spiro atoms. The average molecular weight is 346 g/mol. The molecule has 0 fully saturated rings. The van der Waals surface area contributed by atoms with Crippen molar-refractivity contribution in [1.82, 2.24) is 0 Å². The van der Waals surface area contributed by atoms with E-state index in [0.717, 1.165) is 4.47 Å². The Labute approximate surface area is 129 Å². The van der Waals surface area contributed by atoms with Crippen molar-refractivity contribution in [2.45, 2.75) is 0 Å². The monoisotopic (exact) mass is 345 g/mol. The molecule has 0 saturated heterocycles. The van der Waals surface area contributed by atoms with Gasteiger partial charge in [0.25, 0.3) is 0 Å². The number of anilines is 1. The molecule has 5 heteroatoms. The molecule has 0 unspecified atom stereocenters. The number of hydrogen-bond donors (Lipinski definition) is 1. The molecule has 0 bridgehead atoms. The molecule has 21 heavy (non-hydrogen) atoms. The van der Waals surface area contributed by atoms with Crippen molar-refractivity contribution in [3.05, 3.63) is 58.3 Å². The largest absolute Gasteiger partial charge is 0.497 e. The minimum Gasteiger partial charge on any atom is -0.497 e. The second kappa shape index (κ2) is 5.26. The maximum atomic E-state index is 12.5. The molecule has 1 aromatic heterocycles. The molecular formula is C16H12BrNO3. The Bertz CT molecular complexity index is 839. The normalized spacial score (nSPS) is 10.8. The minimum absolute atomic E-state index is 0.149. The SMILES string of the molecule is COc1ccc2c(N)c(C(=O)c3cccc(Br)c3)oc2c1. The van der Waals surface area contributed by atoms with Crippen LogP contribution in [-0.4, -0.2) is 12.9 Å². The molecule has 2 aromatic carbocycles. The zero-order valence-corrected chi connectivity index (χ0v) is 12.8. The lowest BCUT2D eigenvalue weighted by molar-refractivity contribution is 0.101. The number of halogens is 1. The Hall–Kier alpha value is -2.27. The summed E-state index contributed by atoms with van der Waals surface area (Å²) in [5.74, 6) is 0.554. The van der Waals surface area contributed by atoms with Crippen LogP contribution in [0.2, 0.25) is 0 Å². The highest BCUT2D eigenvalue weighted by molar-refractivity contribution is 9.10. The zero-order chi connectivity index (χ0) is 15.0. The molecule has 4 nitrogen and oxygen atoms in total. The molecular weight excluding hydrogens is 334 g/mol. The Balaban J connectivity index is 2.12. The number of ether oxygens (including phenoxy) is 1. The molecule has 0 atom stereocenters. The van der Waals surface area contributed by atoms with Crippen LogP contribution in [0.25, 0.3) is 11.0 Å². The third-order valence-corrected chi connectivity index (χ3v) is 3.72. The van der Waals surface area contributed by atoms with E-state index in [1.807, 2.05) is 6.07 Å². The van der Waals surface area contributed by atoms with E-state index in [0.29, 0.717) is 28.0 Å². The van der Waals surface area contributed by atoms with Crippen molar-refractivity contribution in [3.63, 3.8) is 0 Å². The van der Waals surface area contributed by atoms with Gasteiger partial charge in [-0.3, -0.25) is 4.79 Å². The van der Waals surface area contributed by atoms with Gasteiger partial charge in [0.05, 0.1) is 12.8 Å². The van der Waals surface area contributed by atoms with Gasteiger partial charge in [-0.2, -0.15) is 0 Å². The fourth-order valence-electron chi connectivity index (χ4n) is 2.15. The third kappa shape index (κ3) is 2.40. The van der Waals surface area contributed by atoms with Crippen molar-refractivity contribution in [3.8, 4) is 5.75 Å². The van der Waals surface area contributed by atoms with Gasteiger partial charge in [0, 0.05) is 21.5 Å². The first-order chi connectivity index (χ1) is 10.1. The van der Waals surface area contributed by atoms with Crippen LogP contribution in [0.4, 0.5) is 5.69 Å². The molecule has 0 amide bonds. The number of fused-ring (bicyclic) bond motifs is 1. The third-order valence-electron chi connectivity index (χ3n) is 3.23. The van der Waals surface area contributed by atoms with Crippen molar-refractivity contribution >= 4 is 38.4 Å². The van der Waals surface area contributed by atoms with Crippen LogP contribution in [-0.2, 0) is 0 Å². The minimum atomic E-state index is -0.246. The van der Waals surface area contributed by atoms with Gasteiger partial charge in [-0.15, -0.1) is 0 Å². The van der Waals surface area contributed by atoms with Crippen LogP contribution in [0.15, 0.2) is 51.4 Å². The topological polar surface area (TPSA) is 65.5 Å². The molecule has 3 rings (SSSR count). The van der Waals surface area contributed by atoms with Crippen LogP contribution in [0.3, 0.4) is 0 Å². The van der Waals surface area contributed by atoms with Crippen molar-refractivity contribution in [2.75, 3.05) is 12.8 Å². The van der Waals surface area contributed by atoms with Crippen LogP contribution in [0, 0.1) is 0 Å². The molecule has 1 heterocycles. The molecule has 0 saturated carbocycles. The highest BCUT2D eigenvalue weighted by Gasteiger charge is 2.20. The Kier molecular flexibility index (Phi) is 3.43. The van der Waals surface area contributed by atoms with Crippen LogP contribution >= 0.6 is 15.9 Å². The van der Waals surface area contributed by atoms with E-state index in [1.165, 1.54) is 0 Å². The van der Waals surface area contributed by atoms with E-state index in [-0.39, 0.29) is 11.5 Å². The summed E-state index contributed by atoms with van der Waals surface area (Å²) in [7, 11) is 1.57. The smallest absolute Gasteiger partial charge is 0.230 e. The molecule has 0 aliphatic rings. The van der Waals surface area contributed by atoms with Gasteiger partial charge in [0.2, 0.25) is 5.78 Å². The number of carbonyl (C=O) groups is 1. The molecule has 3 aromatic rings. The lowest BCUT2D eigenvalue weighted by atomic mass is 10.1. The predicted octanol–water partition coefficient (Wildman–Crippen LogP) is 4.02. The van der Waals surface area contributed by atoms with E-state index in [2.05, 4.69) is 15.9 Å². The number of rotatable bonds is 3. The van der Waals surface area contributed by atoms with E-state index in [4.69, 9.17) is 14.9 Å². The first-order valence-electron chi connectivity index (χ1n) is 6.26. The number of furan rings is 1. The van der Waals surface area contributed by atoms with Crippen molar-refractivity contribution in [1.29, 1.82) is 0 Å². The lowest BCUT2D eigenvalue weighted by Gasteiger charge is -1.99. The summed E-state index contributed by atoms with van der Waals surface area (Å²) in [6.07, 6.45) is 0. The first kappa shape index (κ1) is 13.7. The maximum absolute atomic E-state index is 12.5. The van der Waals surface area contributed by atoms with Crippen LogP contribution in [0.1, 0.15) is 16.1 Å². The van der Waals surface area contributed by atoms with Crippen molar-refractivity contribution in [2.24, 2.45) is 0 Å². The van der Waals surface area contributed by atoms with Gasteiger partial charge in [0.1, 0.15) is 11.3 Å². The number of methoxy groups -OCH3 is 1. The summed E-state index contributed by atoms with van der Waals surface area (Å²) in [6, 6.07) is 12.4. The van der Waals surface area contributed by atoms with Crippen LogP contribution < -0.4 is 10.5 Å². The molecule has 0 aliphatic carbocycles. The van der Waals surface area contributed by atoms with Gasteiger partial charge in [0.15, 0.2) is 5.76 Å². The Morgan fingerprint density at radius 2 is 2.05 bits per heavy atom. The number of nitrogen functional groups attached to an aromatic ring is 1. The quantitative estimate of drug-likeness (QED) is 0.728. The zero-order valence-electron chi connectivity index (χ0n) is 11.2. The van der Waals surface area contributed by atoms with Gasteiger partial charge >= 0.3 is 0 Å². The number of hydrogen-bond acceptors (Lipinski definition) is 4. The molecule has 0 radical (unpaired) electrons. The maximum Gasteiger partial charge on any atom is 0.230 e. The standard InChI is InChI=1S/C16H12BrNO3/c1-20-11-5-6-12-13(8-11)21-16(14(12)18)15(19)9-3-2-4-10(17)7-9/h2-8H,18H2,1H3. The van der Waals surface area contributed by atoms with Gasteiger partial charge in [-0.05, 0) is 24.3 Å². The summed E-state index contributed by atoms with van der Waals surface area (Å²) in [5, 5.41) is 0.703. The van der Waals surface area contributed by atoms with Crippen LogP contribution in [0.5, 0.6) is 5.75 Å². The lowest BCUT2D eigenvalue weighted by Crippen LogP contribution is -2.02. The molecule has 0 aliphatic heterocycles. The predicted molar refractivity (Wildman–Crippen MR) is 84.8 cm³/mol. The summed E-state index contributed by atoms with van der Waals surface area (Å²) in [6.45, 7) is 0. The fraction of sp³-hybridized carbons (Fsp3) is 0.0625. The summed E-state index contributed by atoms with van der Waals surface area (Å²) in [5.41, 5.74) is 7.43. The number of carbonyl (C=O) groups excluding carboxylic acids is 1. The Morgan fingerprint density at radius 3 is 2.76 bits per heavy atom. The number of benzene rings is 2. The number of nitrogens with two attached hydrogens (primary N) is 1. The van der Waals surface area contributed by atoms with E-state index >= 15 is 0 Å². The fourth-order valence-corrected chi connectivity index (χ4v) is 2.55. The van der Waals surface area contributed by atoms with Gasteiger partial charge in [-0.1, -0.05) is 28.1 Å². The summed E-state index contributed by atoms with van der Waals surface area (Å²) in [4.78, 5) is 12.5. The second-order valence-corrected chi connectivity index (χ2v) is 5.46. The molecule has 2 N–H and O–H groups in total. The molecule has 106 valence electrons. The van der Waals surface area contributed by atoms with Gasteiger partial charge < -0.3 is 14.9 Å². The first-order valence-corrected chi connectivity index (χ1v) is 7.05. The Morgan fingerprint density at radius 1 is 1.24 bits per heavy atom. The average Bonchev–Trinajstić information content (AvgIpc) is 2.83. The highest BCUT2D eigenvalue weighted by Crippen LogP contribution is 2.32. The highest BCUT2D eigenvalue weighted by atomic mass is 79.9. The summed E-state index contributed by atoms with van der Waals surface area (Å²) < 4.78 is 11.6.